The summed E-state index contributed by atoms with van der Waals surface area (Å²) in [4.78, 5) is 11.6. The molecule has 4 rings (SSSR count). The minimum absolute atomic E-state index is 0.0308. The van der Waals surface area contributed by atoms with Crippen molar-refractivity contribution in [3.8, 4) is 0 Å². The van der Waals surface area contributed by atoms with Crippen molar-refractivity contribution in [3.63, 3.8) is 0 Å². The second kappa shape index (κ2) is 9.50. The van der Waals surface area contributed by atoms with Crippen molar-refractivity contribution < 1.29 is 14.6 Å². The smallest absolute Gasteiger partial charge is 0.335 e. The number of halogens is 2. The van der Waals surface area contributed by atoms with Crippen molar-refractivity contribution in [2.24, 2.45) is 5.92 Å². The number of hydrogen-bond donors (Lipinski definition) is 1. The summed E-state index contributed by atoms with van der Waals surface area (Å²) in [7, 11) is 0. The topological polar surface area (TPSA) is 46.5 Å². The van der Waals surface area contributed by atoms with Crippen molar-refractivity contribution in [3.05, 3.63) is 117 Å². The quantitative estimate of drug-likeness (QED) is 0.389. The van der Waals surface area contributed by atoms with Crippen molar-refractivity contribution in [1.82, 2.24) is 0 Å². The highest BCUT2D eigenvalue weighted by Gasteiger charge is 2.40. The lowest BCUT2D eigenvalue weighted by Crippen LogP contribution is -2.31. The lowest BCUT2D eigenvalue weighted by atomic mass is 9.74. The zero-order valence-corrected chi connectivity index (χ0v) is 19.2. The van der Waals surface area contributed by atoms with Crippen LogP contribution in [0.4, 0.5) is 0 Å². The van der Waals surface area contributed by atoms with Gasteiger partial charge in [-0.05, 0) is 66.4 Å². The molecule has 5 heteroatoms. The molecule has 0 aromatic heterocycles. The van der Waals surface area contributed by atoms with Crippen LogP contribution in [0, 0.1) is 5.92 Å². The molecule has 3 aromatic rings. The molecule has 1 aliphatic heterocycles. The average molecular weight is 467 g/mol. The van der Waals surface area contributed by atoms with Crippen LogP contribution < -0.4 is 0 Å². The predicted molar refractivity (Wildman–Crippen MR) is 129 cm³/mol. The van der Waals surface area contributed by atoms with Crippen LogP contribution in [0.15, 0.2) is 84.9 Å². The maximum absolute atomic E-state index is 11.6. The van der Waals surface area contributed by atoms with E-state index in [1.807, 2.05) is 61.5 Å². The van der Waals surface area contributed by atoms with Crippen LogP contribution in [0.25, 0.3) is 0 Å². The Labute approximate surface area is 198 Å². The minimum Gasteiger partial charge on any atom is -0.478 e. The van der Waals surface area contributed by atoms with E-state index in [9.17, 15) is 9.90 Å². The Morgan fingerprint density at radius 3 is 2.06 bits per heavy atom. The van der Waals surface area contributed by atoms with Crippen LogP contribution >= 0.6 is 23.2 Å². The average Bonchev–Trinajstić information content (AvgIpc) is 2.79. The van der Waals surface area contributed by atoms with Gasteiger partial charge in [0.05, 0.1) is 17.8 Å². The molecular formula is C27H24Cl2O3. The van der Waals surface area contributed by atoms with E-state index >= 15 is 0 Å². The van der Waals surface area contributed by atoms with Gasteiger partial charge in [0.1, 0.15) is 0 Å². The Bertz CT molecular complexity index is 1120. The highest BCUT2D eigenvalue weighted by atomic mass is 35.5. The molecule has 0 aliphatic carbocycles. The summed E-state index contributed by atoms with van der Waals surface area (Å²) < 4.78 is 6.77. The molecule has 164 valence electrons. The van der Waals surface area contributed by atoms with Crippen LogP contribution in [0.2, 0.25) is 10.0 Å². The second-order valence-electron chi connectivity index (χ2n) is 8.31. The third-order valence-corrected chi connectivity index (χ3v) is 6.63. The third-order valence-electron chi connectivity index (χ3n) is 6.12. The first-order valence-electron chi connectivity index (χ1n) is 10.5. The van der Waals surface area contributed by atoms with Crippen LogP contribution in [0.5, 0.6) is 0 Å². The van der Waals surface area contributed by atoms with Gasteiger partial charge < -0.3 is 9.84 Å². The van der Waals surface area contributed by atoms with E-state index in [4.69, 9.17) is 27.9 Å². The number of benzene rings is 3. The summed E-state index contributed by atoms with van der Waals surface area (Å²) in [5.74, 6) is -0.847. The van der Waals surface area contributed by atoms with Crippen LogP contribution in [0.1, 0.15) is 58.5 Å². The molecule has 0 saturated carbocycles. The van der Waals surface area contributed by atoms with E-state index in [1.54, 1.807) is 18.2 Å². The highest BCUT2D eigenvalue weighted by molar-refractivity contribution is 6.30. The van der Waals surface area contributed by atoms with Crippen molar-refractivity contribution in [1.29, 1.82) is 0 Å². The first-order chi connectivity index (χ1) is 15.3. The SMILES string of the molecule is C=C(C)[C@@H]1C[C@@H](c2ccc(Cl)cc2)[C@@H](c2ccc(Cl)cc2)O[C@H]1c1cccc(C(=O)O)c1. The highest BCUT2D eigenvalue weighted by Crippen LogP contribution is 2.52. The molecule has 0 unspecified atom stereocenters. The molecule has 0 radical (unpaired) electrons. The first-order valence-corrected chi connectivity index (χ1v) is 11.2. The minimum atomic E-state index is -0.956. The maximum atomic E-state index is 11.6. The number of carboxylic acids is 1. The number of carbonyl (C=O) groups is 1. The lowest BCUT2D eigenvalue weighted by molar-refractivity contribution is -0.0918. The standard InChI is InChI=1S/C27H24Cl2O3/c1-16(2)23-15-24(17-6-10-21(28)11-7-17)25(18-8-12-22(29)13-9-18)32-26(23)19-4-3-5-20(14-19)27(30)31/h3-14,23-26H,1,15H2,2H3,(H,30,31)/t23-,24-,25+,26-/m0/s1. The molecular weight excluding hydrogens is 443 g/mol. The van der Waals surface area contributed by atoms with Gasteiger partial charge in [-0.25, -0.2) is 4.79 Å². The maximum Gasteiger partial charge on any atom is 0.335 e. The second-order valence-corrected chi connectivity index (χ2v) is 9.18. The molecule has 32 heavy (non-hydrogen) atoms. The van der Waals surface area contributed by atoms with E-state index in [0.29, 0.717) is 10.0 Å². The number of carboxylic acid groups (broad SMARTS) is 1. The van der Waals surface area contributed by atoms with Gasteiger partial charge in [-0.15, -0.1) is 0 Å². The Balaban J connectivity index is 1.79. The van der Waals surface area contributed by atoms with E-state index in [0.717, 1.165) is 28.7 Å². The largest absolute Gasteiger partial charge is 0.478 e. The van der Waals surface area contributed by atoms with E-state index < -0.39 is 5.97 Å². The number of aromatic carboxylic acids is 1. The van der Waals surface area contributed by atoms with Gasteiger partial charge in [-0.3, -0.25) is 0 Å². The van der Waals surface area contributed by atoms with Crippen molar-refractivity contribution in [2.75, 3.05) is 0 Å². The van der Waals surface area contributed by atoms with Crippen molar-refractivity contribution in [2.45, 2.75) is 31.5 Å². The molecule has 4 atom stereocenters. The third kappa shape index (κ3) is 4.75. The predicted octanol–water partition coefficient (Wildman–Crippen LogP) is 7.87. The molecule has 1 heterocycles. The van der Waals surface area contributed by atoms with Crippen molar-refractivity contribution >= 4 is 29.2 Å². The molecule has 0 spiro atoms. The fourth-order valence-electron chi connectivity index (χ4n) is 4.47. The Morgan fingerprint density at radius 1 is 0.906 bits per heavy atom. The Hall–Kier alpha value is -2.59. The zero-order chi connectivity index (χ0) is 22.8. The van der Waals surface area contributed by atoms with E-state index in [1.165, 1.54) is 0 Å². The molecule has 1 N–H and O–H groups in total. The number of hydrogen-bond acceptors (Lipinski definition) is 2. The number of ether oxygens (including phenoxy) is 1. The van der Waals surface area contributed by atoms with E-state index in [-0.39, 0.29) is 29.6 Å². The van der Waals surface area contributed by atoms with Crippen LogP contribution in [-0.4, -0.2) is 11.1 Å². The van der Waals surface area contributed by atoms with Crippen LogP contribution in [-0.2, 0) is 4.74 Å². The molecule has 3 nitrogen and oxygen atoms in total. The van der Waals surface area contributed by atoms with Gasteiger partial charge in [0, 0.05) is 21.9 Å². The summed E-state index contributed by atoms with van der Waals surface area (Å²) >= 11 is 12.3. The summed E-state index contributed by atoms with van der Waals surface area (Å²) in [6.07, 6.45) is 0.269. The summed E-state index contributed by atoms with van der Waals surface area (Å²) in [6, 6.07) is 22.6. The Kier molecular flexibility index (Phi) is 6.71. The van der Waals surface area contributed by atoms with Gasteiger partial charge in [-0.2, -0.15) is 0 Å². The molecule has 0 amide bonds. The molecule has 3 aromatic carbocycles. The number of rotatable bonds is 5. The van der Waals surface area contributed by atoms with Gasteiger partial charge in [0.25, 0.3) is 0 Å². The fraction of sp³-hybridized carbons (Fsp3) is 0.222. The zero-order valence-electron chi connectivity index (χ0n) is 17.7. The molecule has 0 bridgehead atoms. The Morgan fingerprint density at radius 2 is 1.50 bits per heavy atom. The molecule has 1 saturated heterocycles. The van der Waals surface area contributed by atoms with Gasteiger partial charge >= 0.3 is 5.97 Å². The summed E-state index contributed by atoms with van der Waals surface area (Å²) in [5.41, 5.74) is 4.25. The van der Waals surface area contributed by atoms with Gasteiger partial charge in [0.15, 0.2) is 0 Å². The monoisotopic (exact) mass is 466 g/mol. The molecule has 1 aliphatic rings. The van der Waals surface area contributed by atoms with Gasteiger partial charge in [0.2, 0.25) is 0 Å². The first kappa shape index (κ1) is 22.6. The normalized spacial score (nSPS) is 23.0. The van der Waals surface area contributed by atoms with Crippen LogP contribution in [0.3, 0.4) is 0 Å². The van der Waals surface area contributed by atoms with Gasteiger partial charge in [-0.1, -0.05) is 71.8 Å². The summed E-state index contributed by atoms with van der Waals surface area (Å²) in [5, 5.41) is 10.8. The summed E-state index contributed by atoms with van der Waals surface area (Å²) in [6.45, 7) is 6.23. The molecule has 1 fully saturated rings. The lowest BCUT2D eigenvalue weighted by Gasteiger charge is -2.43. The van der Waals surface area contributed by atoms with E-state index in [2.05, 4.69) is 6.58 Å². The fourth-order valence-corrected chi connectivity index (χ4v) is 4.72.